The Bertz CT molecular complexity index is 787. The largest absolute Gasteiger partial charge is 0.339 e. The minimum Gasteiger partial charge on any atom is -0.339 e. The number of likely N-dealkylation sites (tertiary alicyclic amines) is 1. The molecule has 0 aromatic heterocycles. The van der Waals surface area contributed by atoms with E-state index < -0.39 is 10.0 Å². The Morgan fingerprint density at radius 2 is 1.96 bits per heavy atom. The van der Waals surface area contributed by atoms with Crippen LogP contribution in [0.25, 0.3) is 0 Å². The van der Waals surface area contributed by atoms with E-state index in [1.54, 1.807) is 11.0 Å². The van der Waals surface area contributed by atoms with Crippen molar-refractivity contribution in [3.05, 3.63) is 35.9 Å². The molecule has 2 amide bonds. The zero-order chi connectivity index (χ0) is 18.6. The molecule has 136 valence electrons. The van der Waals surface area contributed by atoms with Crippen LogP contribution in [0.1, 0.15) is 12.8 Å². The van der Waals surface area contributed by atoms with Crippen molar-refractivity contribution in [1.29, 1.82) is 0 Å². The van der Waals surface area contributed by atoms with Gasteiger partial charge in [-0.15, -0.1) is 0 Å². The molecule has 2 rings (SSSR count). The van der Waals surface area contributed by atoms with E-state index in [0.717, 1.165) is 6.26 Å². The zero-order valence-corrected chi connectivity index (χ0v) is 15.4. The van der Waals surface area contributed by atoms with Crippen molar-refractivity contribution in [2.24, 2.45) is 5.92 Å². The average molecular weight is 386 g/mol. The van der Waals surface area contributed by atoms with E-state index in [1.165, 1.54) is 18.2 Å². The minimum absolute atomic E-state index is 0.125. The van der Waals surface area contributed by atoms with Crippen LogP contribution in [0.15, 0.2) is 30.9 Å². The number of carbonyl (C=O) groups is 2. The Hall–Kier alpha value is -2.06. The standard InChI is InChI=1S/C16H20ClN3O4S/c1-3-15(21)20-8-6-11(7-9-20)16(22)18-12-4-5-14(13(17)10-12)19-25(2,23)24/h3-5,10-11,19H,1,6-9H2,2H3,(H,18,22). The highest BCUT2D eigenvalue weighted by atomic mass is 35.5. The van der Waals surface area contributed by atoms with Gasteiger partial charge in [-0.3, -0.25) is 14.3 Å². The summed E-state index contributed by atoms with van der Waals surface area (Å²) in [4.78, 5) is 25.6. The molecule has 0 saturated carbocycles. The Balaban J connectivity index is 1.96. The monoisotopic (exact) mass is 385 g/mol. The molecule has 9 heteroatoms. The Kier molecular flexibility index (Phi) is 6.07. The quantitative estimate of drug-likeness (QED) is 0.758. The molecule has 1 aromatic rings. The zero-order valence-electron chi connectivity index (χ0n) is 13.8. The van der Waals surface area contributed by atoms with Gasteiger partial charge in [-0.05, 0) is 37.1 Å². The van der Waals surface area contributed by atoms with E-state index in [-0.39, 0.29) is 28.4 Å². The molecule has 1 aliphatic heterocycles. The van der Waals surface area contributed by atoms with E-state index in [0.29, 0.717) is 31.6 Å². The van der Waals surface area contributed by atoms with Gasteiger partial charge in [0, 0.05) is 24.7 Å². The lowest BCUT2D eigenvalue weighted by Crippen LogP contribution is -2.40. The number of hydrogen-bond donors (Lipinski definition) is 2. The van der Waals surface area contributed by atoms with Crippen molar-refractivity contribution in [3.8, 4) is 0 Å². The first-order chi connectivity index (χ1) is 11.7. The summed E-state index contributed by atoms with van der Waals surface area (Å²) in [5, 5.41) is 2.97. The summed E-state index contributed by atoms with van der Waals surface area (Å²) in [5.74, 6) is -0.466. The highest BCUT2D eigenvalue weighted by molar-refractivity contribution is 7.92. The van der Waals surface area contributed by atoms with Crippen LogP contribution in [0.5, 0.6) is 0 Å². The molecule has 1 fully saturated rings. The van der Waals surface area contributed by atoms with Gasteiger partial charge in [-0.25, -0.2) is 8.42 Å². The van der Waals surface area contributed by atoms with Crippen molar-refractivity contribution in [1.82, 2.24) is 4.90 Å². The third kappa shape index (κ3) is 5.47. The molecule has 7 nitrogen and oxygen atoms in total. The molecular weight excluding hydrogens is 366 g/mol. The Morgan fingerprint density at radius 1 is 1.32 bits per heavy atom. The molecule has 0 spiro atoms. The summed E-state index contributed by atoms with van der Waals surface area (Å²) in [6.45, 7) is 4.49. The number of nitrogens with one attached hydrogen (secondary N) is 2. The predicted octanol–water partition coefficient (Wildman–Crippen LogP) is 2.07. The molecule has 2 N–H and O–H groups in total. The van der Waals surface area contributed by atoms with Crippen LogP contribution in [-0.2, 0) is 19.6 Å². The van der Waals surface area contributed by atoms with E-state index >= 15 is 0 Å². The van der Waals surface area contributed by atoms with E-state index in [4.69, 9.17) is 11.6 Å². The number of rotatable bonds is 5. The fourth-order valence-electron chi connectivity index (χ4n) is 2.61. The number of sulfonamides is 1. The summed E-state index contributed by atoms with van der Waals surface area (Å²) < 4.78 is 24.8. The summed E-state index contributed by atoms with van der Waals surface area (Å²) in [7, 11) is -3.43. The fourth-order valence-corrected chi connectivity index (χ4v) is 3.47. The molecule has 1 aliphatic rings. The van der Waals surface area contributed by atoms with Gasteiger partial charge in [-0.1, -0.05) is 18.2 Å². The van der Waals surface area contributed by atoms with Gasteiger partial charge >= 0.3 is 0 Å². The molecule has 0 atom stereocenters. The van der Waals surface area contributed by atoms with E-state index in [9.17, 15) is 18.0 Å². The van der Waals surface area contributed by atoms with Gasteiger partial charge in [0.15, 0.2) is 0 Å². The van der Waals surface area contributed by atoms with Crippen LogP contribution >= 0.6 is 11.6 Å². The molecule has 0 unspecified atom stereocenters. The first-order valence-corrected chi connectivity index (χ1v) is 9.96. The summed E-state index contributed by atoms with van der Waals surface area (Å²) >= 11 is 6.04. The maximum atomic E-state index is 12.3. The van der Waals surface area contributed by atoms with Gasteiger partial charge < -0.3 is 10.2 Å². The lowest BCUT2D eigenvalue weighted by atomic mass is 9.95. The van der Waals surface area contributed by atoms with Gasteiger partial charge in [0.05, 0.1) is 17.0 Å². The van der Waals surface area contributed by atoms with Crippen molar-refractivity contribution in [2.45, 2.75) is 12.8 Å². The van der Waals surface area contributed by atoms with Crippen LogP contribution in [0.4, 0.5) is 11.4 Å². The third-order valence-electron chi connectivity index (χ3n) is 3.88. The van der Waals surface area contributed by atoms with E-state index in [1.807, 2.05) is 0 Å². The number of anilines is 2. The molecule has 25 heavy (non-hydrogen) atoms. The van der Waals surface area contributed by atoms with Crippen LogP contribution < -0.4 is 10.0 Å². The number of piperidine rings is 1. The molecule has 1 aromatic carbocycles. The highest BCUT2D eigenvalue weighted by Gasteiger charge is 2.26. The predicted molar refractivity (Wildman–Crippen MR) is 98.0 cm³/mol. The summed E-state index contributed by atoms with van der Waals surface area (Å²) in [5.41, 5.74) is 0.733. The second-order valence-corrected chi connectivity index (χ2v) is 8.02. The van der Waals surface area contributed by atoms with Crippen molar-refractivity contribution in [2.75, 3.05) is 29.4 Å². The maximum Gasteiger partial charge on any atom is 0.245 e. The number of carbonyl (C=O) groups excluding carboxylic acids is 2. The van der Waals surface area contributed by atoms with Gasteiger partial charge in [0.2, 0.25) is 21.8 Å². The average Bonchev–Trinajstić information content (AvgIpc) is 2.55. The second kappa shape index (κ2) is 7.88. The van der Waals surface area contributed by atoms with Crippen molar-refractivity contribution in [3.63, 3.8) is 0 Å². The first kappa shape index (κ1) is 19.3. The topological polar surface area (TPSA) is 95.6 Å². The third-order valence-corrected chi connectivity index (χ3v) is 4.79. The second-order valence-electron chi connectivity index (χ2n) is 5.86. The Morgan fingerprint density at radius 3 is 2.48 bits per heavy atom. The van der Waals surface area contributed by atoms with Gasteiger partial charge in [0.1, 0.15) is 0 Å². The number of hydrogen-bond acceptors (Lipinski definition) is 4. The van der Waals surface area contributed by atoms with Crippen LogP contribution in [0, 0.1) is 5.92 Å². The molecule has 0 bridgehead atoms. The van der Waals surface area contributed by atoms with Gasteiger partial charge in [0.25, 0.3) is 0 Å². The SMILES string of the molecule is C=CC(=O)N1CCC(C(=O)Nc2ccc(NS(C)(=O)=O)c(Cl)c2)CC1. The van der Waals surface area contributed by atoms with E-state index in [2.05, 4.69) is 16.6 Å². The molecular formula is C16H20ClN3O4S. The van der Waals surface area contributed by atoms with Crippen molar-refractivity contribution < 1.29 is 18.0 Å². The highest BCUT2D eigenvalue weighted by Crippen LogP contribution is 2.27. The number of nitrogens with zero attached hydrogens (tertiary/aromatic N) is 1. The lowest BCUT2D eigenvalue weighted by molar-refractivity contribution is -0.130. The molecule has 1 saturated heterocycles. The smallest absolute Gasteiger partial charge is 0.245 e. The summed E-state index contributed by atoms with van der Waals surface area (Å²) in [6, 6.07) is 4.56. The van der Waals surface area contributed by atoms with Crippen LogP contribution in [0.2, 0.25) is 5.02 Å². The first-order valence-electron chi connectivity index (χ1n) is 7.69. The lowest BCUT2D eigenvalue weighted by Gasteiger charge is -2.30. The fraction of sp³-hybridized carbons (Fsp3) is 0.375. The van der Waals surface area contributed by atoms with Crippen molar-refractivity contribution >= 4 is 44.8 Å². The van der Waals surface area contributed by atoms with Crippen LogP contribution in [0.3, 0.4) is 0 Å². The maximum absolute atomic E-state index is 12.3. The number of halogens is 1. The minimum atomic E-state index is -3.43. The molecule has 1 heterocycles. The number of benzene rings is 1. The summed E-state index contributed by atoms with van der Waals surface area (Å²) in [6.07, 6.45) is 3.46. The molecule has 0 aliphatic carbocycles. The number of amides is 2. The van der Waals surface area contributed by atoms with Gasteiger partial charge in [-0.2, -0.15) is 0 Å². The van der Waals surface area contributed by atoms with Crippen LogP contribution in [-0.4, -0.2) is 44.5 Å². The normalized spacial score (nSPS) is 15.5. The Labute approximate surface area is 152 Å². The molecule has 0 radical (unpaired) electrons.